The molecule has 0 saturated carbocycles. The molecule has 0 spiro atoms. The van der Waals surface area contributed by atoms with Gasteiger partial charge in [0.25, 0.3) is 0 Å². The number of carbonyl (C=O) groups is 1. The van der Waals surface area contributed by atoms with Gasteiger partial charge in [-0.15, -0.1) is 0 Å². The van der Waals surface area contributed by atoms with E-state index in [2.05, 4.69) is 48.8 Å². The molecule has 2 rings (SSSR count). The van der Waals surface area contributed by atoms with Crippen molar-refractivity contribution in [1.82, 2.24) is 0 Å². The predicted molar refractivity (Wildman–Crippen MR) is 94.2 cm³/mol. The van der Waals surface area contributed by atoms with Crippen LogP contribution in [0.3, 0.4) is 0 Å². The topological polar surface area (TPSA) is 26.3 Å². The first-order valence-corrected chi connectivity index (χ1v) is 8.88. The molecule has 1 aliphatic carbocycles. The normalized spacial score (nSPS) is 22.4. The summed E-state index contributed by atoms with van der Waals surface area (Å²) in [7, 11) is 0. The first kappa shape index (κ1) is 17.3. The van der Waals surface area contributed by atoms with Crippen molar-refractivity contribution in [1.29, 1.82) is 0 Å². The Morgan fingerprint density at radius 2 is 2.18 bits per heavy atom. The van der Waals surface area contributed by atoms with Gasteiger partial charge in [-0.1, -0.05) is 48.0 Å². The van der Waals surface area contributed by atoms with E-state index in [0.717, 1.165) is 6.42 Å². The van der Waals surface area contributed by atoms with Crippen molar-refractivity contribution in [2.24, 2.45) is 5.92 Å². The largest absolute Gasteiger partial charge is 0.463 e. The fourth-order valence-electron chi connectivity index (χ4n) is 3.33. The molecule has 120 valence electrons. The van der Waals surface area contributed by atoms with Gasteiger partial charge in [0, 0.05) is 10.5 Å². The van der Waals surface area contributed by atoms with Crippen molar-refractivity contribution in [2.75, 3.05) is 6.61 Å². The summed E-state index contributed by atoms with van der Waals surface area (Å²) in [4.78, 5) is 11.5. The molecule has 2 nitrogen and oxygen atoms in total. The van der Waals surface area contributed by atoms with Crippen molar-refractivity contribution in [3.8, 4) is 0 Å². The molecule has 0 aromatic heterocycles. The van der Waals surface area contributed by atoms with Crippen molar-refractivity contribution in [3.05, 3.63) is 45.4 Å². The highest BCUT2D eigenvalue weighted by Gasteiger charge is 2.30. The summed E-state index contributed by atoms with van der Waals surface area (Å²) in [6.07, 6.45) is 5.93. The van der Waals surface area contributed by atoms with Gasteiger partial charge in [-0.2, -0.15) is 0 Å². The van der Waals surface area contributed by atoms with Crippen LogP contribution in [-0.2, 0) is 9.53 Å². The number of carbonyl (C=O) groups excluding carboxylic acids is 1. The van der Waals surface area contributed by atoms with Gasteiger partial charge in [0.15, 0.2) is 0 Å². The third-order valence-electron chi connectivity index (χ3n) is 4.68. The highest BCUT2D eigenvalue weighted by Crippen LogP contribution is 2.46. The standard InChI is InChI=1S/C19H25BrO2/c1-5-22-17(21)11-8-13(3)15-9-6-12(2)16-10-7-14(4)19(20)18(15)16/h7-8,10-13,15H,5-6,9H2,1-4H3/b11-8+/t12-,13?,15+/m1/s1. The van der Waals surface area contributed by atoms with Gasteiger partial charge in [-0.3, -0.25) is 0 Å². The lowest BCUT2D eigenvalue weighted by molar-refractivity contribution is -0.137. The molecule has 3 atom stereocenters. The summed E-state index contributed by atoms with van der Waals surface area (Å²) in [5, 5.41) is 0. The summed E-state index contributed by atoms with van der Waals surface area (Å²) in [5.41, 5.74) is 4.16. The van der Waals surface area contributed by atoms with Gasteiger partial charge in [0.05, 0.1) is 6.61 Å². The van der Waals surface area contributed by atoms with Gasteiger partial charge in [-0.25, -0.2) is 4.79 Å². The van der Waals surface area contributed by atoms with Gasteiger partial charge < -0.3 is 4.74 Å². The van der Waals surface area contributed by atoms with E-state index in [-0.39, 0.29) is 5.97 Å². The molecule has 1 aromatic rings. The Morgan fingerprint density at radius 1 is 1.45 bits per heavy atom. The first-order chi connectivity index (χ1) is 10.5. The fourth-order valence-corrected chi connectivity index (χ4v) is 3.99. The highest BCUT2D eigenvalue weighted by atomic mass is 79.9. The van der Waals surface area contributed by atoms with E-state index in [1.807, 2.05) is 13.0 Å². The fraction of sp³-hybridized carbons (Fsp3) is 0.526. The molecule has 0 amide bonds. The Balaban J connectivity index is 2.29. The summed E-state index contributed by atoms with van der Waals surface area (Å²) in [6.45, 7) is 8.88. The number of hydrogen-bond acceptors (Lipinski definition) is 2. The van der Waals surface area contributed by atoms with E-state index in [0.29, 0.717) is 24.4 Å². The number of esters is 1. The lowest BCUT2D eigenvalue weighted by atomic mass is 9.72. The lowest BCUT2D eigenvalue weighted by Crippen LogP contribution is -2.19. The van der Waals surface area contributed by atoms with Gasteiger partial charge in [-0.05, 0) is 61.1 Å². The third kappa shape index (κ3) is 3.62. The average molecular weight is 365 g/mol. The van der Waals surface area contributed by atoms with Crippen molar-refractivity contribution < 1.29 is 9.53 Å². The van der Waals surface area contributed by atoms with Crippen molar-refractivity contribution in [2.45, 2.75) is 52.4 Å². The minimum atomic E-state index is -0.248. The quantitative estimate of drug-likeness (QED) is 0.521. The molecule has 3 heteroatoms. The monoisotopic (exact) mass is 364 g/mol. The second-order valence-corrected chi connectivity index (χ2v) is 7.05. The maximum Gasteiger partial charge on any atom is 0.330 e. The minimum Gasteiger partial charge on any atom is -0.463 e. The Labute approximate surface area is 142 Å². The van der Waals surface area contributed by atoms with E-state index in [4.69, 9.17) is 4.74 Å². The molecule has 1 aromatic carbocycles. The van der Waals surface area contributed by atoms with Crippen LogP contribution in [0.5, 0.6) is 0 Å². The molecule has 0 bridgehead atoms. The van der Waals surface area contributed by atoms with Gasteiger partial charge in [0.2, 0.25) is 0 Å². The van der Waals surface area contributed by atoms with Crippen LogP contribution in [0.25, 0.3) is 0 Å². The predicted octanol–water partition coefficient (Wildman–Crippen LogP) is 5.49. The summed E-state index contributed by atoms with van der Waals surface area (Å²) in [5.74, 6) is 1.12. The molecular formula is C19H25BrO2. The molecule has 0 saturated heterocycles. The Hall–Kier alpha value is -1.09. The van der Waals surface area contributed by atoms with Crippen LogP contribution in [0, 0.1) is 12.8 Å². The maximum absolute atomic E-state index is 11.5. The number of benzene rings is 1. The summed E-state index contributed by atoms with van der Waals surface area (Å²) < 4.78 is 6.21. The van der Waals surface area contributed by atoms with Crippen LogP contribution < -0.4 is 0 Å². The first-order valence-electron chi connectivity index (χ1n) is 8.09. The van der Waals surface area contributed by atoms with Gasteiger partial charge >= 0.3 is 5.97 Å². The zero-order valence-electron chi connectivity index (χ0n) is 13.9. The van der Waals surface area contributed by atoms with E-state index in [1.54, 1.807) is 6.08 Å². The van der Waals surface area contributed by atoms with Crippen LogP contribution in [0.1, 0.15) is 62.1 Å². The zero-order chi connectivity index (χ0) is 16.3. The van der Waals surface area contributed by atoms with E-state index < -0.39 is 0 Å². The SMILES string of the molecule is CCOC(=O)/C=C/C(C)[C@@H]1CC[C@@H](C)c2ccc(C)c(Br)c21. The average Bonchev–Trinajstić information content (AvgIpc) is 2.49. The van der Waals surface area contributed by atoms with Crippen molar-refractivity contribution in [3.63, 3.8) is 0 Å². The zero-order valence-corrected chi connectivity index (χ0v) is 15.4. The molecule has 0 radical (unpaired) electrons. The second-order valence-electron chi connectivity index (χ2n) is 6.25. The molecule has 22 heavy (non-hydrogen) atoms. The number of ether oxygens (including phenoxy) is 1. The van der Waals surface area contributed by atoms with E-state index in [9.17, 15) is 4.79 Å². The number of aryl methyl sites for hydroxylation is 1. The summed E-state index contributed by atoms with van der Waals surface area (Å²) in [6, 6.07) is 4.47. The van der Waals surface area contributed by atoms with Gasteiger partial charge in [0.1, 0.15) is 0 Å². The van der Waals surface area contributed by atoms with E-state index in [1.165, 1.54) is 27.6 Å². The highest BCUT2D eigenvalue weighted by molar-refractivity contribution is 9.10. The Bertz CT molecular complexity index is 577. The lowest BCUT2D eigenvalue weighted by Gasteiger charge is -2.34. The number of allylic oxidation sites excluding steroid dienone is 1. The summed E-state index contributed by atoms with van der Waals surface area (Å²) >= 11 is 3.79. The van der Waals surface area contributed by atoms with E-state index >= 15 is 0 Å². The van der Waals surface area contributed by atoms with Crippen LogP contribution in [-0.4, -0.2) is 12.6 Å². The second kappa shape index (κ2) is 7.45. The number of rotatable bonds is 4. The smallest absolute Gasteiger partial charge is 0.330 e. The Morgan fingerprint density at radius 3 is 2.86 bits per heavy atom. The van der Waals surface area contributed by atoms with Crippen LogP contribution in [0.4, 0.5) is 0 Å². The molecule has 1 unspecified atom stereocenters. The van der Waals surface area contributed by atoms with Crippen LogP contribution in [0.15, 0.2) is 28.8 Å². The maximum atomic E-state index is 11.5. The minimum absolute atomic E-state index is 0.248. The number of halogens is 1. The molecule has 1 aliphatic rings. The van der Waals surface area contributed by atoms with Crippen LogP contribution >= 0.6 is 15.9 Å². The third-order valence-corrected chi connectivity index (χ3v) is 5.73. The number of hydrogen-bond donors (Lipinski definition) is 0. The van der Waals surface area contributed by atoms with Crippen molar-refractivity contribution >= 4 is 21.9 Å². The van der Waals surface area contributed by atoms with Crippen LogP contribution in [0.2, 0.25) is 0 Å². The molecule has 0 aliphatic heterocycles. The molecule has 0 heterocycles. The molecular weight excluding hydrogens is 340 g/mol. The molecule has 0 N–H and O–H groups in total. The number of fused-ring (bicyclic) bond motifs is 1. The molecule has 0 fully saturated rings. The Kier molecular flexibility index (Phi) is 5.85.